The van der Waals surface area contributed by atoms with Crippen LogP contribution in [-0.2, 0) is 5.41 Å². The third kappa shape index (κ3) is 1.66. The average Bonchev–Trinajstić information content (AvgIpc) is 3.00. The lowest BCUT2D eigenvalue weighted by Gasteiger charge is -2.21. The van der Waals surface area contributed by atoms with Crippen LogP contribution >= 0.6 is 11.3 Å². The molecule has 1 aliphatic rings. The van der Waals surface area contributed by atoms with E-state index in [0.717, 1.165) is 0 Å². The highest BCUT2D eigenvalue weighted by Crippen LogP contribution is 2.51. The molecule has 0 aliphatic heterocycles. The molecule has 1 heterocycles. The van der Waals surface area contributed by atoms with E-state index in [-0.39, 0.29) is 5.41 Å². The second kappa shape index (κ2) is 4.24. The number of thiophene rings is 1. The van der Waals surface area contributed by atoms with Gasteiger partial charge in [0, 0.05) is 25.6 Å². The minimum atomic E-state index is 0.0895. The van der Waals surface area contributed by atoms with Crippen molar-refractivity contribution in [3.8, 4) is 11.1 Å². The lowest BCUT2D eigenvalue weighted by molar-refractivity contribution is 0.661. The molecule has 1 aromatic heterocycles. The van der Waals surface area contributed by atoms with Gasteiger partial charge in [0.1, 0.15) is 0 Å². The van der Waals surface area contributed by atoms with Gasteiger partial charge >= 0.3 is 0 Å². The van der Waals surface area contributed by atoms with Crippen LogP contribution in [0.3, 0.4) is 0 Å². The predicted octanol–water partition coefficient (Wildman–Crippen LogP) is 6.67. The zero-order valence-corrected chi connectivity index (χ0v) is 14.4. The van der Waals surface area contributed by atoms with Crippen LogP contribution < -0.4 is 0 Å². The lowest BCUT2D eigenvalue weighted by Crippen LogP contribution is -2.14. The topological polar surface area (TPSA) is 0 Å². The molecule has 112 valence electrons. The molecule has 23 heavy (non-hydrogen) atoms. The van der Waals surface area contributed by atoms with Crippen molar-refractivity contribution < 1.29 is 0 Å². The Kier molecular flexibility index (Phi) is 2.46. The Morgan fingerprint density at radius 2 is 1.52 bits per heavy atom. The van der Waals surface area contributed by atoms with Gasteiger partial charge in [0.25, 0.3) is 0 Å². The maximum atomic E-state index is 2.44. The first-order valence-corrected chi connectivity index (χ1v) is 8.94. The molecule has 0 atom stereocenters. The number of rotatable bonds is 0. The molecule has 0 fully saturated rings. The highest BCUT2D eigenvalue weighted by Gasteiger charge is 2.35. The Morgan fingerprint density at radius 1 is 0.739 bits per heavy atom. The zero-order valence-electron chi connectivity index (χ0n) is 13.6. The zero-order chi connectivity index (χ0) is 15.8. The summed E-state index contributed by atoms with van der Waals surface area (Å²) in [5.74, 6) is 0. The summed E-state index contributed by atoms with van der Waals surface area (Å²) >= 11 is 1.92. The normalized spacial score (nSPS) is 15.1. The first kappa shape index (κ1) is 13.3. The molecule has 0 nitrogen and oxygen atoms in total. The van der Waals surface area contributed by atoms with Crippen LogP contribution in [-0.4, -0.2) is 0 Å². The Morgan fingerprint density at radius 3 is 2.39 bits per heavy atom. The number of aryl methyl sites for hydroxylation is 1. The first-order chi connectivity index (χ1) is 11.1. The Labute approximate surface area is 140 Å². The van der Waals surface area contributed by atoms with Crippen molar-refractivity contribution in [3.63, 3.8) is 0 Å². The second-order valence-corrected chi connectivity index (χ2v) is 8.25. The fourth-order valence-electron chi connectivity index (χ4n) is 4.08. The molecule has 0 unspecified atom stereocenters. The van der Waals surface area contributed by atoms with Crippen molar-refractivity contribution in [1.29, 1.82) is 0 Å². The molecule has 5 rings (SSSR count). The molecule has 3 aromatic carbocycles. The summed E-state index contributed by atoms with van der Waals surface area (Å²) in [4.78, 5) is 0. The van der Waals surface area contributed by atoms with Crippen molar-refractivity contribution in [1.82, 2.24) is 0 Å². The van der Waals surface area contributed by atoms with Gasteiger partial charge in [-0.1, -0.05) is 49.7 Å². The van der Waals surface area contributed by atoms with Crippen molar-refractivity contribution in [3.05, 3.63) is 71.3 Å². The van der Waals surface area contributed by atoms with E-state index in [2.05, 4.69) is 75.4 Å². The van der Waals surface area contributed by atoms with Gasteiger partial charge in [0.15, 0.2) is 0 Å². The summed E-state index contributed by atoms with van der Waals surface area (Å²) in [7, 11) is 0. The van der Waals surface area contributed by atoms with E-state index in [1.54, 1.807) is 0 Å². The Balaban J connectivity index is 1.94. The third-order valence-corrected chi connectivity index (χ3v) is 6.46. The largest absolute Gasteiger partial charge is 0.135 e. The molecular weight excluding hydrogens is 296 g/mol. The standard InChI is InChI=1S/C22H18S/c1-13-8-9-20-16(10-13)17-11-15-14-6-4-5-7-18(14)22(2,3)19(15)12-21(17)23-20/h4-12H,1-3H3. The monoisotopic (exact) mass is 314 g/mol. The van der Waals surface area contributed by atoms with E-state index in [0.29, 0.717) is 0 Å². The van der Waals surface area contributed by atoms with E-state index in [4.69, 9.17) is 0 Å². The van der Waals surface area contributed by atoms with E-state index >= 15 is 0 Å². The molecule has 0 radical (unpaired) electrons. The quantitative estimate of drug-likeness (QED) is 0.340. The molecular formula is C22H18S. The van der Waals surface area contributed by atoms with E-state index < -0.39 is 0 Å². The Bertz CT molecular complexity index is 1100. The molecule has 0 amide bonds. The minimum Gasteiger partial charge on any atom is -0.135 e. The molecule has 1 aliphatic carbocycles. The second-order valence-electron chi connectivity index (χ2n) is 7.17. The van der Waals surface area contributed by atoms with E-state index in [9.17, 15) is 0 Å². The number of hydrogen-bond donors (Lipinski definition) is 0. The van der Waals surface area contributed by atoms with Gasteiger partial charge in [-0.15, -0.1) is 11.3 Å². The summed E-state index contributed by atoms with van der Waals surface area (Å²) in [5.41, 5.74) is 7.16. The van der Waals surface area contributed by atoms with Crippen LogP contribution in [0, 0.1) is 6.92 Å². The van der Waals surface area contributed by atoms with Crippen LogP contribution in [0.15, 0.2) is 54.6 Å². The van der Waals surface area contributed by atoms with Crippen molar-refractivity contribution in [2.75, 3.05) is 0 Å². The van der Waals surface area contributed by atoms with Crippen LogP contribution in [0.5, 0.6) is 0 Å². The summed E-state index contributed by atoms with van der Waals surface area (Å²) in [5, 5.41) is 2.80. The summed E-state index contributed by atoms with van der Waals surface area (Å²) in [6.45, 7) is 6.87. The van der Waals surface area contributed by atoms with E-state index in [1.807, 2.05) is 11.3 Å². The number of benzene rings is 3. The molecule has 0 saturated carbocycles. The third-order valence-electron chi connectivity index (χ3n) is 5.33. The SMILES string of the molecule is Cc1ccc2sc3cc4c(cc3c2c1)-c1ccccc1C4(C)C. The van der Waals surface area contributed by atoms with Gasteiger partial charge in [-0.05, 0) is 53.4 Å². The van der Waals surface area contributed by atoms with Gasteiger partial charge in [-0.2, -0.15) is 0 Å². The minimum absolute atomic E-state index is 0.0895. The molecule has 0 saturated heterocycles. The van der Waals surface area contributed by atoms with E-state index in [1.165, 1.54) is 48.0 Å². The number of hydrogen-bond acceptors (Lipinski definition) is 1. The van der Waals surface area contributed by atoms with Crippen molar-refractivity contribution >= 4 is 31.5 Å². The summed E-state index contributed by atoms with van der Waals surface area (Å²) in [6, 6.07) is 20.5. The fourth-order valence-corrected chi connectivity index (χ4v) is 5.19. The highest BCUT2D eigenvalue weighted by atomic mass is 32.1. The maximum Gasteiger partial charge on any atom is 0.0358 e. The van der Waals surface area contributed by atoms with Gasteiger partial charge in [-0.25, -0.2) is 0 Å². The van der Waals surface area contributed by atoms with Gasteiger partial charge in [0.2, 0.25) is 0 Å². The predicted molar refractivity (Wildman–Crippen MR) is 102 cm³/mol. The molecule has 4 aromatic rings. The smallest absolute Gasteiger partial charge is 0.0358 e. The van der Waals surface area contributed by atoms with Gasteiger partial charge in [-0.3, -0.25) is 0 Å². The maximum absolute atomic E-state index is 2.44. The molecule has 0 spiro atoms. The molecule has 0 bridgehead atoms. The molecule has 0 N–H and O–H groups in total. The van der Waals surface area contributed by atoms with Crippen molar-refractivity contribution in [2.45, 2.75) is 26.2 Å². The highest BCUT2D eigenvalue weighted by molar-refractivity contribution is 7.25. The van der Waals surface area contributed by atoms with Gasteiger partial charge < -0.3 is 0 Å². The van der Waals surface area contributed by atoms with Crippen molar-refractivity contribution in [2.24, 2.45) is 0 Å². The van der Waals surface area contributed by atoms with Crippen LogP contribution in [0.1, 0.15) is 30.5 Å². The first-order valence-electron chi connectivity index (χ1n) is 8.13. The number of fused-ring (bicyclic) bond motifs is 6. The summed E-state index contributed by atoms with van der Waals surface area (Å²) in [6.07, 6.45) is 0. The van der Waals surface area contributed by atoms with Crippen LogP contribution in [0.2, 0.25) is 0 Å². The van der Waals surface area contributed by atoms with Crippen LogP contribution in [0.25, 0.3) is 31.3 Å². The summed E-state index contributed by atoms with van der Waals surface area (Å²) < 4.78 is 2.80. The van der Waals surface area contributed by atoms with Crippen LogP contribution in [0.4, 0.5) is 0 Å². The Hall–Kier alpha value is -2.12. The lowest BCUT2D eigenvalue weighted by atomic mass is 9.82. The van der Waals surface area contributed by atoms with Gasteiger partial charge in [0.05, 0.1) is 0 Å². The fraction of sp³-hybridized carbons (Fsp3) is 0.182. The molecule has 1 heteroatoms. The average molecular weight is 314 g/mol.